The highest BCUT2D eigenvalue weighted by molar-refractivity contribution is 7.88. The van der Waals surface area contributed by atoms with Crippen LogP contribution in [0.3, 0.4) is 0 Å². The second-order valence-corrected chi connectivity index (χ2v) is 8.36. The molecule has 1 saturated heterocycles. The van der Waals surface area contributed by atoms with E-state index in [9.17, 15) is 18.3 Å². The van der Waals surface area contributed by atoms with Crippen molar-refractivity contribution in [2.45, 2.75) is 44.6 Å². The van der Waals surface area contributed by atoms with Crippen molar-refractivity contribution in [1.29, 1.82) is 0 Å². The molecule has 1 aliphatic heterocycles. The summed E-state index contributed by atoms with van der Waals surface area (Å²) in [5.74, 6) is 0.170. The molecule has 1 atom stereocenters. The number of rotatable bonds is 4. The van der Waals surface area contributed by atoms with E-state index in [2.05, 4.69) is 5.32 Å². The van der Waals surface area contributed by atoms with Crippen LogP contribution in [0.25, 0.3) is 0 Å². The fraction of sp³-hybridized carbons (Fsp3) is 0.929. The Morgan fingerprint density at radius 2 is 1.90 bits per heavy atom. The van der Waals surface area contributed by atoms with Gasteiger partial charge in [0.25, 0.3) is 0 Å². The zero-order chi connectivity index (χ0) is 15.5. The van der Waals surface area contributed by atoms with Gasteiger partial charge in [0, 0.05) is 19.6 Å². The van der Waals surface area contributed by atoms with E-state index < -0.39 is 10.0 Å². The van der Waals surface area contributed by atoms with E-state index in [0.717, 1.165) is 38.5 Å². The molecule has 1 heterocycles. The quantitative estimate of drug-likeness (QED) is 0.782. The molecule has 0 aromatic rings. The molecular weight excluding hydrogens is 292 g/mol. The Morgan fingerprint density at radius 1 is 1.24 bits per heavy atom. The summed E-state index contributed by atoms with van der Waals surface area (Å²) in [6.07, 6.45) is 6.02. The third-order valence-electron chi connectivity index (χ3n) is 4.61. The Balaban J connectivity index is 1.78. The predicted octanol–water partition coefficient (Wildman–Crippen LogP) is 0.325. The van der Waals surface area contributed by atoms with Crippen LogP contribution in [0.2, 0.25) is 0 Å². The SMILES string of the molecule is CS(=O)(=O)N1CCCC(C(=O)NCC2CCC(O)CC2)C1. The van der Waals surface area contributed by atoms with Crippen LogP contribution < -0.4 is 5.32 Å². The highest BCUT2D eigenvalue weighted by Gasteiger charge is 2.30. The first-order valence-electron chi connectivity index (χ1n) is 7.77. The molecule has 1 unspecified atom stereocenters. The Morgan fingerprint density at radius 3 is 2.52 bits per heavy atom. The first-order valence-corrected chi connectivity index (χ1v) is 9.62. The first-order chi connectivity index (χ1) is 9.86. The standard InChI is InChI=1S/C14H26N2O4S/c1-21(19,20)16-8-2-3-12(10-16)14(18)15-9-11-4-6-13(17)7-5-11/h11-13,17H,2-10H2,1H3,(H,15,18). The van der Waals surface area contributed by atoms with Crippen LogP contribution in [0.15, 0.2) is 0 Å². The molecule has 2 rings (SSSR count). The van der Waals surface area contributed by atoms with E-state index in [1.807, 2.05) is 0 Å². The molecule has 122 valence electrons. The highest BCUT2D eigenvalue weighted by atomic mass is 32.2. The van der Waals surface area contributed by atoms with Crippen LogP contribution in [0, 0.1) is 11.8 Å². The Labute approximate surface area is 126 Å². The van der Waals surface area contributed by atoms with Gasteiger partial charge in [-0.25, -0.2) is 12.7 Å². The van der Waals surface area contributed by atoms with Crippen molar-refractivity contribution in [2.24, 2.45) is 11.8 Å². The monoisotopic (exact) mass is 318 g/mol. The summed E-state index contributed by atoms with van der Waals surface area (Å²) in [6.45, 7) is 1.46. The molecule has 21 heavy (non-hydrogen) atoms. The number of aliphatic hydroxyl groups excluding tert-OH is 1. The van der Waals surface area contributed by atoms with Crippen molar-refractivity contribution in [3.05, 3.63) is 0 Å². The summed E-state index contributed by atoms with van der Waals surface area (Å²) >= 11 is 0. The summed E-state index contributed by atoms with van der Waals surface area (Å²) in [5.41, 5.74) is 0. The van der Waals surface area contributed by atoms with Gasteiger partial charge in [0.15, 0.2) is 0 Å². The lowest BCUT2D eigenvalue weighted by Gasteiger charge is -2.31. The Kier molecular flexibility index (Phi) is 5.62. The maximum Gasteiger partial charge on any atom is 0.224 e. The van der Waals surface area contributed by atoms with Gasteiger partial charge in [-0.1, -0.05) is 0 Å². The topological polar surface area (TPSA) is 86.7 Å². The van der Waals surface area contributed by atoms with E-state index in [1.165, 1.54) is 10.6 Å². The second-order valence-electron chi connectivity index (χ2n) is 6.38. The maximum atomic E-state index is 12.2. The normalized spacial score (nSPS) is 31.8. The molecule has 1 saturated carbocycles. The van der Waals surface area contributed by atoms with Crippen molar-refractivity contribution < 1.29 is 18.3 Å². The number of hydrogen-bond donors (Lipinski definition) is 2. The summed E-state index contributed by atoms with van der Waals surface area (Å²) in [5, 5.41) is 12.4. The van der Waals surface area contributed by atoms with Crippen LogP contribution in [0.4, 0.5) is 0 Å². The average molecular weight is 318 g/mol. The molecule has 1 aliphatic carbocycles. The molecule has 0 bridgehead atoms. The molecule has 6 nitrogen and oxygen atoms in total. The van der Waals surface area contributed by atoms with Gasteiger partial charge in [-0.15, -0.1) is 0 Å². The van der Waals surface area contributed by atoms with Crippen molar-refractivity contribution in [2.75, 3.05) is 25.9 Å². The zero-order valence-corrected chi connectivity index (χ0v) is 13.4. The summed E-state index contributed by atoms with van der Waals surface area (Å²) < 4.78 is 24.5. The maximum absolute atomic E-state index is 12.2. The van der Waals surface area contributed by atoms with E-state index in [1.54, 1.807) is 0 Å². The Bertz CT molecular complexity index is 458. The lowest BCUT2D eigenvalue weighted by atomic mass is 9.87. The van der Waals surface area contributed by atoms with E-state index in [-0.39, 0.29) is 17.9 Å². The largest absolute Gasteiger partial charge is 0.393 e. The average Bonchev–Trinajstić information content (AvgIpc) is 2.45. The minimum absolute atomic E-state index is 0.0329. The van der Waals surface area contributed by atoms with Gasteiger partial charge in [-0.3, -0.25) is 4.79 Å². The molecule has 0 radical (unpaired) electrons. The molecule has 0 aromatic heterocycles. The second kappa shape index (κ2) is 7.07. The molecule has 2 N–H and O–H groups in total. The number of amides is 1. The molecule has 2 fully saturated rings. The molecular formula is C14H26N2O4S. The number of hydrogen-bond acceptors (Lipinski definition) is 4. The molecule has 7 heteroatoms. The highest BCUT2D eigenvalue weighted by Crippen LogP contribution is 2.24. The lowest BCUT2D eigenvalue weighted by molar-refractivity contribution is -0.126. The van der Waals surface area contributed by atoms with Gasteiger partial charge in [-0.05, 0) is 44.4 Å². The van der Waals surface area contributed by atoms with E-state index in [4.69, 9.17) is 0 Å². The van der Waals surface area contributed by atoms with Gasteiger partial charge < -0.3 is 10.4 Å². The van der Waals surface area contributed by atoms with Crippen LogP contribution in [0.1, 0.15) is 38.5 Å². The van der Waals surface area contributed by atoms with Gasteiger partial charge in [0.1, 0.15) is 0 Å². The zero-order valence-electron chi connectivity index (χ0n) is 12.6. The smallest absolute Gasteiger partial charge is 0.224 e. The van der Waals surface area contributed by atoms with Crippen LogP contribution >= 0.6 is 0 Å². The minimum atomic E-state index is -3.21. The number of carbonyl (C=O) groups is 1. The summed E-state index contributed by atoms with van der Waals surface area (Å²) in [6, 6.07) is 0. The van der Waals surface area contributed by atoms with Crippen LogP contribution in [0.5, 0.6) is 0 Å². The third kappa shape index (κ3) is 4.93. The summed E-state index contributed by atoms with van der Waals surface area (Å²) in [4.78, 5) is 12.2. The third-order valence-corrected chi connectivity index (χ3v) is 5.87. The fourth-order valence-electron chi connectivity index (χ4n) is 3.20. The molecule has 1 amide bonds. The van der Waals surface area contributed by atoms with E-state index in [0.29, 0.717) is 25.6 Å². The number of carbonyl (C=O) groups excluding carboxylic acids is 1. The number of nitrogens with one attached hydrogen (secondary N) is 1. The van der Waals surface area contributed by atoms with Crippen LogP contribution in [-0.2, 0) is 14.8 Å². The van der Waals surface area contributed by atoms with Crippen LogP contribution in [-0.4, -0.2) is 55.7 Å². The van der Waals surface area contributed by atoms with E-state index >= 15 is 0 Å². The molecule has 0 aromatic carbocycles. The molecule has 0 spiro atoms. The van der Waals surface area contributed by atoms with Crippen molar-refractivity contribution in [3.63, 3.8) is 0 Å². The van der Waals surface area contributed by atoms with Gasteiger partial charge in [-0.2, -0.15) is 0 Å². The predicted molar refractivity (Wildman–Crippen MR) is 80.1 cm³/mol. The first kappa shape index (κ1) is 16.7. The van der Waals surface area contributed by atoms with Crippen molar-refractivity contribution in [1.82, 2.24) is 9.62 Å². The van der Waals surface area contributed by atoms with Gasteiger partial charge in [0.2, 0.25) is 15.9 Å². The Hall–Kier alpha value is -0.660. The van der Waals surface area contributed by atoms with Gasteiger partial charge >= 0.3 is 0 Å². The molecule has 2 aliphatic rings. The number of piperidine rings is 1. The summed E-state index contributed by atoms with van der Waals surface area (Å²) in [7, 11) is -3.21. The number of sulfonamides is 1. The van der Waals surface area contributed by atoms with Crippen molar-refractivity contribution in [3.8, 4) is 0 Å². The fourth-order valence-corrected chi connectivity index (χ4v) is 4.11. The number of nitrogens with zero attached hydrogens (tertiary/aromatic N) is 1. The number of aliphatic hydroxyl groups is 1. The van der Waals surface area contributed by atoms with Gasteiger partial charge in [0.05, 0.1) is 18.3 Å². The minimum Gasteiger partial charge on any atom is -0.393 e. The van der Waals surface area contributed by atoms with Crippen molar-refractivity contribution >= 4 is 15.9 Å². The lowest BCUT2D eigenvalue weighted by Crippen LogP contribution is -2.46.